The first-order valence-corrected chi connectivity index (χ1v) is 24.0. The van der Waals surface area contributed by atoms with Crippen LogP contribution in [0.15, 0.2) is 97.4 Å². The van der Waals surface area contributed by atoms with E-state index in [0.717, 1.165) is 121 Å². The van der Waals surface area contributed by atoms with Crippen molar-refractivity contribution in [1.29, 1.82) is 10.5 Å². The van der Waals surface area contributed by atoms with Crippen LogP contribution in [0.4, 0.5) is 17.1 Å². The summed E-state index contributed by atoms with van der Waals surface area (Å²) in [5.41, 5.74) is 8.21. The number of halogens is 2. The van der Waals surface area contributed by atoms with Gasteiger partial charge in [-0.05, 0) is 141 Å². The van der Waals surface area contributed by atoms with Crippen LogP contribution in [0, 0.1) is 39.9 Å². The molecule has 0 aliphatic carbocycles. The maximum absolute atomic E-state index is 11.0. The van der Waals surface area contributed by atoms with Crippen LogP contribution in [-0.4, -0.2) is 82.3 Å². The van der Waals surface area contributed by atoms with Gasteiger partial charge in [-0.1, -0.05) is 63.7 Å². The second-order valence-corrected chi connectivity index (χ2v) is 19.9. The highest BCUT2D eigenvalue weighted by molar-refractivity contribution is 6.32. The Morgan fingerprint density at radius 1 is 0.800 bits per heavy atom. The minimum Gasteiger partial charge on any atom is -0.386 e. The van der Waals surface area contributed by atoms with Gasteiger partial charge in [-0.25, -0.2) is 0 Å². The van der Waals surface area contributed by atoms with Gasteiger partial charge in [-0.2, -0.15) is 10.5 Å². The van der Waals surface area contributed by atoms with Crippen molar-refractivity contribution in [1.82, 2.24) is 10.2 Å². The average molecular weight is 919 g/mol. The second kappa shape index (κ2) is 22.5. The van der Waals surface area contributed by atoms with E-state index in [0.29, 0.717) is 45.0 Å². The van der Waals surface area contributed by atoms with E-state index in [2.05, 4.69) is 94.4 Å². The third-order valence-electron chi connectivity index (χ3n) is 14.4. The number of piperidine rings is 3. The number of nitrogens with zero attached hydrogens (tertiary/aromatic N) is 6. The lowest BCUT2D eigenvalue weighted by Crippen LogP contribution is -2.43. The Balaban J connectivity index is 0.000000213. The zero-order valence-electron chi connectivity index (χ0n) is 37.8. The summed E-state index contributed by atoms with van der Waals surface area (Å²) in [5, 5.41) is 22.6. The van der Waals surface area contributed by atoms with Gasteiger partial charge in [0.05, 0.1) is 33.4 Å². The predicted molar refractivity (Wildman–Crippen MR) is 269 cm³/mol. The molecule has 1 atom stereocenters. The molecule has 0 radical (unpaired) electrons. The number of carbonyl (C=O) groups excluding carboxylic acids is 1. The maximum atomic E-state index is 11.0. The number of rotatable bonds is 12. The van der Waals surface area contributed by atoms with E-state index in [4.69, 9.17) is 38.5 Å². The fraction of sp³-hybridized carbons (Fsp3) is 0.500. The van der Waals surface area contributed by atoms with Gasteiger partial charge in [0.2, 0.25) is 0 Å². The molecule has 8 rings (SSSR count). The van der Waals surface area contributed by atoms with Crippen LogP contribution in [0.5, 0.6) is 0 Å². The van der Waals surface area contributed by atoms with Crippen LogP contribution in [0.25, 0.3) is 0 Å². The first-order chi connectivity index (χ1) is 30.9. The van der Waals surface area contributed by atoms with E-state index in [9.17, 15) is 4.79 Å². The molecule has 3 aromatic rings. The van der Waals surface area contributed by atoms with E-state index in [1.165, 1.54) is 36.2 Å². The van der Waals surface area contributed by atoms with Crippen LogP contribution >= 0.6 is 23.2 Å². The van der Waals surface area contributed by atoms with Gasteiger partial charge < -0.3 is 34.4 Å². The van der Waals surface area contributed by atoms with Crippen molar-refractivity contribution in [2.75, 3.05) is 80.2 Å². The summed E-state index contributed by atoms with van der Waals surface area (Å²) in [6, 6.07) is 24.8. The van der Waals surface area contributed by atoms with Crippen molar-refractivity contribution < 1.29 is 9.53 Å². The van der Waals surface area contributed by atoms with Crippen LogP contribution in [-0.2, 0) is 9.53 Å². The van der Waals surface area contributed by atoms with Crippen molar-refractivity contribution in [3.05, 3.63) is 124 Å². The Labute approximate surface area is 399 Å². The average Bonchev–Trinajstić information content (AvgIpc) is 3.93. The van der Waals surface area contributed by atoms with Crippen LogP contribution < -0.4 is 20.0 Å². The first kappa shape index (κ1) is 49.5. The molecule has 0 amide bonds. The zero-order valence-corrected chi connectivity index (χ0v) is 39.4. The Hall–Kier alpha value is -4.93. The van der Waals surface area contributed by atoms with E-state index in [-0.39, 0.29) is 18.9 Å². The zero-order chi connectivity index (χ0) is 45.3. The molecular weight excluding hydrogens is 850 g/mol. The van der Waals surface area contributed by atoms with Gasteiger partial charge in [0, 0.05) is 99.2 Å². The summed E-state index contributed by atoms with van der Waals surface area (Å²) in [6.45, 7) is 22.6. The Bertz CT molecular complexity index is 2220. The van der Waals surface area contributed by atoms with E-state index in [1.54, 1.807) is 0 Å². The van der Waals surface area contributed by atoms with Crippen molar-refractivity contribution in [3.63, 3.8) is 0 Å². The predicted octanol–water partition coefficient (Wildman–Crippen LogP) is 11.5. The highest BCUT2D eigenvalue weighted by Crippen LogP contribution is 2.45. The molecule has 2 spiro atoms. The van der Waals surface area contributed by atoms with E-state index in [1.807, 2.05) is 42.5 Å². The molecule has 5 heterocycles. The molecule has 346 valence electrons. The van der Waals surface area contributed by atoms with Crippen molar-refractivity contribution in [3.8, 4) is 12.1 Å². The number of ether oxygens (including phenoxy) is 1. The fourth-order valence-corrected chi connectivity index (χ4v) is 10.6. The number of likely N-dealkylation sites (tertiary alicyclic amines) is 1. The second-order valence-electron chi connectivity index (χ2n) is 19.1. The molecule has 5 saturated heterocycles. The lowest BCUT2D eigenvalue weighted by molar-refractivity contribution is -0.111. The lowest BCUT2D eigenvalue weighted by Gasteiger charge is -2.40. The molecule has 1 N–H and O–H groups in total. The number of anilines is 3. The number of allylic oxidation sites excluding steroid dienone is 2. The molecule has 0 saturated carbocycles. The van der Waals surface area contributed by atoms with Crippen molar-refractivity contribution in [2.45, 2.75) is 90.6 Å². The van der Waals surface area contributed by atoms with Gasteiger partial charge in [0.1, 0.15) is 18.4 Å². The van der Waals surface area contributed by atoms with E-state index < -0.39 is 0 Å². The summed E-state index contributed by atoms with van der Waals surface area (Å²) < 4.78 is 6.33. The Kier molecular flexibility index (Phi) is 17.1. The number of carbonyl (C=O) groups is 1. The Morgan fingerprint density at radius 3 is 1.94 bits per heavy atom. The number of nitrogens with one attached hydrogen (secondary N) is 1. The highest BCUT2D eigenvalue weighted by atomic mass is 35.5. The number of nitriles is 2. The molecule has 9 nitrogen and oxygen atoms in total. The first-order valence-electron chi connectivity index (χ1n) is 23.3. The topological polar surface area (TPSA) is 98.9 Å². The summed E-state index contributed by atoms with van der Waals surface area (Å²) in [6.07, 6.45) is 14.9. The third kappa shape index (κ3) is 12.5. The molecule has 5 fully saturated rings. The summed E-state index contributed by atoms with van der Waals surface area (Å²) in [5.74, 6) is 1.26. The molecule has 0 bridgehead atoms. The SMILES string of the molecule is C.C=C(/C=C\C(=C)N1CCC2(CC1)CC(c1ccc(C#N)c(Cl)c1)CO2)NCCC(C)C.N#Cc1ccc(N2CCC3(CCN(c4ccc(N5CCC(C=O)CC5)cc4)CC3)C2)cc1Cl. The minimum absolute atomic E-state index is 0. The normalized spacial score (nSPS) is 20.3. The molecule has 65 heavy (non-hydrogen) atoms. The van der Waals surface area contributed by atoms with Crippen LogP contribution in [0.3, 0.4) is 0 Å². The quantitative estimate of drug-likeness (QED) is 0.141. The van der Waals surface area contributed by atoms with Gasteiger partial charge >= 0.3 is 0 Å². The molecule has 1 unspecified atom stereocenters. The smallest absolute Gasteiger partial charge is 0.123 e. The number of hydrogen-bond acceptors (Lipinski definition) is 9. The summed E-state index contributed by atoms with van der Waals surface area (Å²) in [7, 11) is 0. The standard InChI is InChI=1S/C27H31ClN4O.C26H34ClN3O.CH4/c28-26-17-25(2-1-22(26)18-29)32-16-11-27(20-32)9-14-31(15-10-27)24-5-3-23(4-6-24)30-12-7-21(19-33)8-13-30;1-19(2)9-12-29-20(3)5-6-21(4)30-13-10-26(11-14-30)16-24(18-31-26)22-7-8-23(17-28)25(27)15-22;/h1-6,17,19,21H,7-16,20H2;5-8,15,19,24,29H,3-4,9-14,16,18H2,1-2H3;1H4/b;6-5-;. The molecule has 5 aliphatic rings. The monoisotopic (exact) mass is 917 g/mol. The van der Waals surface area contributed by atoms with E-state index >= 15 is 0 Å². The van der Waals surface area contributed by atoms with Gasteiger partial charge in [-0.3, -0.25) is 0 Å². The van der Waals surface area contributed by atoms with Crippen molar-refractivity contribution in [2.24, 2.45) is 17.3 Å². The summed E-state index contributed by atoms with van der Waals surface area (Å²) in [4.78, 5) is 20.7. The molecule has 11 heteroatoms. The van der Waals surface area contributed by atoms with Crippen molar-refractivity contribution >= 4 is 46.6 Å². The highest BCUT2D eigenvalue weighted by Gasteiger charge is 2.43. The molecular formula is C54H69Cl2N7O2. The number of benzene rings is 3. The van der Waals surface area contributed by atoms with Crippen LogP contribution in [0.2, 0.25) is 10.0 Å². The molecule has 3 aromatic carbocycles. The van der Waals surface area contributed by atoms with Gasteiger partial charge in [-0.15, -0.1) is 0 Å². The fourth-order valence-electron chi connectivity index (χ4n) is 10.1. The maximum Gasteiger partial charge on any atom is 0.123 e. The van der Waals surface area contributed by atoms with Gasteiger partial charge in [0.15, 0.2) is 0 Å². The number of hydrogen-bond donors (Lipinski definition) is 1. The third-order valence-corrected chi connectivity index (χ3v) is 15.1. The van der Waals surface area contributed by atoms with Crippen LogP contribution in [0.1, 0.15) is 102 Å². The van der Waals surface area contributed by atoms with Gasteiger partial charge in [0.25, 0.3) is 0 Å². The lowest BCUT2D eigenvalue weighted by atomic mass is 9.77. The minimum atomic E-state index is -0.0620. The largest absolute Gasteiger partial charge is 0.386 e. The molecule has 0 aromatic heterocycles. The Morgan fingerprint density at radius 2 is 1.37 bits per heavy atom. The molecule has 5 aliphatic heterocycles. The summed E-state index contributed by atoms with van der Waals surface area (Å²) >= 11 is 12.5. The number of aldehydes is 1.